The molecule has 10 heteroatoms. The summed E-state index contributed by atoms with van der Waals surface area (Å²) in [5.41, 5.74) is -0.140. The van der Waals surface area contributed by atoms with E-state index in [4.69, 9.17) is 27.9 Å². The normalized spacial score (nSPS) is 10.3. The summed E-state index contributed by atoms with van der Waals surface area (Å²) in [5.74, 6) is -0.292. The molecule has 0 saturated heterocycles. The molecule has 2 aromatic rings. The molecule has 0 atom stereocenters. The molecule has 0 aliphatic carbocycles. The Morgan fingerprint density at radius 3 is 2.77 bits per heavy atom. The molecule has 0 saturated carbocycles. The first-order chi connectivity index (χ1) is 12.3. The van der Waals surface area contributed by atoms with Crippen LogP contribution < -0.4 is 15.6 Å². The highest BCUT2D eigenvalue weighted by molar-refractivity contribution is 6.41. The maximum Gasteiger partial charge on any atom is 0.287 e. The molecule has 138 valence electrons. The monoisotopic (exact) mass is 398 g/mol. The molecule has 0 unspecified atom stereocenters. The number of carbonyl (C=O) groups is 2. The average Bonchev–Trinajstić information content (AvgIpc) is 2.62. The standard InChI is InChI=1S/C16H16Cl2N4O4/c1-21(8-13(23)20-10-4-3-5-11(6-10)26-2)14(24)9-22-16(25)15(18)12(17)7-19-22/h3-7H,8-9H2,1-2H3,(H,20,23). The molecule has 0 radical (unpaired) electrons. The largest absolute Gasteiger partial charge is 0.497 e. The van der Waals surface area contributed by atoms with Gasteiger partial charge in [0.1, 0.15) is 17.3 Å². The van der Waals surface area contributed by atoms with Gasteiger partial charge < -0.3 is 15.0 Å². The first-order valence-corrected chi connectivity index (χ1v) is 8.16. The molecule has 0 fully saturated rings. The summed E-state index contributed by atoms with van der Waals surface area (Å²) in [7, 11) is 2.96. The molecular formula is C16H16Cl2N4O4. The zero-order valence-corrected chi connectivity index (χ0v) is 15.5. The number of hydrogen-bond acceptors (Lipinski definition) is 5. The molecule has 2 amide bonds. The molecule has 0 aliphatic heterocycles. The summed E-state index contributed by atoms with van der Waals surface area (Å²) in [6, 6.07) is 6.82. The smallest absolute Gasteiger partial charge is 0.287 e. The van der Waals surface area contributed by atoms with Crippen molar-refractivity contribution in [3.8, 4) is 5.75 Å². The van der Waals surface area contributed by atoms with Crippen LogP contribution in [0.3, 0.4) is 0 Å². The SMILES string of the molecule is COc1cccc(NC(=O)CN(C)C(=O)Cn2ncc(Cl)c(Cl)c2=O)c1. The van der Waals surface area contributed by atoms with Gasteiger partial charge >= 0.3 is 0 Å². The van der Waals surface area contributed by atoms with Crippen LogP contribution in [-0.4, -0.2) is 47.2 Å². The predicted molar refractivity (Wildman–Crippen MR) is 97.8 cm³/mol. The minimum absolute atomic E-state index is 0.00591. The van der Waals surface area contributed by atoms with Crippen molar-refractivity contribution in [3.05, 3.63) is 50.9 Å². The van der Waals surface area contributed by atoms with Gasteiger partial charge in [0, 0.05) is 18.8 Å². The lowest BCUT2D eigenvalue weighted by molar-refractivity contribution is -0.134. The van der Waals surface area contributed by atoms with Crippen LogP contribution in [0.5, 0.6) is 5.75 Å². The number of nitrogens with zero attached hydrogens (tertiary/aromatic N) is 3. The third kappa shape index (κ3) is 4.96. The quantitative estimate of drug-likeness (QED) is 0.798. The number of rotatable bonds is 6. The molecule has 1 heterocycles. The van der Waals surface area contributed by atoms with Gasteiger partial charge in [0.15, 0.2) is 0 Å². The first kappa shape index (κ1) is 19.7. The van der Waals surface area contributed by atoms with Crippen LogP contribution >= 0.6 is 23.2 Å². The summed E-state index contributed by atoms with van der Waals surface area (Å²) in [6.45, 7) is -0.565. The van der Waals surface area contributed by atoms with Gasteiger partial charge in [-0.1, -0.05) is 29.3 Å². The number of anilines is 1. The molecule has 0 aliphatic rings. The number of amides is 2. The number of methoxy groups -OCH3 is 1. The third-order valence-corrected chi connectivity index (χ3v) is 4.14. The lowest BCUT2D eigenvalue weighted by Crippen LogP contribution is -2.39. The summed E-state index contributed by atoms with van der Waals surface area (Å²) in [4.78, 5) is 37.3. The lowest BCUT2D eigenvalue weighted by atomic mass is 10.3. The van der Waals surface area contributed by atoms with Crippen molar-refractivity contribution in [2.75, 3.05) is 26.0 Å². The van der Waals surface area contributed by atoms with Gasteiger partial charge in [0.2, 0.25) is 11.8 Å². The van der Waals surface area contributed by atoms with Crippen LogP contribution in [0.1, 0.15) is 0 Å². The van der Waals surface area contributed by atoms with E-state index in [2.05, 4.69) is 10.4 Å². The number of likely N-dealkylation sites (N-methyl/N-ethyl adjacent to an activating group) is 1. The second-order valence-electron chi connectivity index (χ2n) is 5.30. The van der Waals surface area contributed by atoms with E-state index in [1.807, 2.05) is 0 Å². The fourth-order valence-corrected chi connectivity index (χ4v) is 2.28. The molecular weight excluding hydrogens is 383 g/mol. The highest BCUT2D eigenvalue weighted by atomic mass is 35.5. The van der Waals surface area contributed by atoms with Gasteiger partial charge in [-0.3, -0.25) is 14.4 Å². The summed E-state index contributed by atoms with van der Waals surface area (Å²) < 4.78 is 5.96. The Morgan fingerprint density at radius 1 is 1.35 bits per heavy atom. The van der Waals surface area contributed by atoms with Gasteiger partial charge in [-0.15, -0.1) is 0 Å². The molecule has 0 bridgehead atoms. The molecule has 1 aromatic carbocycles. The van der Waals surface area contributed by atoms with E-state index >= 15 is 0 Å². The van der Waals surface area contributed by atoms with Gasteiger partial charge in [-0.25, -0.2) is 4.68 Å². The van der Waals surface area contributed by atoms with Crippen molar-refractivity contribution < 1.29 is 14.3 Å². The van der Waals surface area contributed by atoms with Crippen LogP contribution in [0.2, 0.25) is 10.0 Å². The van der Waals surface area contributed by atoms with Crippen LogP contribution in [0.4, 0.5) is 5.69 Å². The number of nitrogens with one attached hydrogen (secondary N) is 1. The highest BCUT2D eigenvalue weighted by Gasteiger charge is 2.16. The predicted octanol–water partition coefficient (Wildman–Crippen LogP) is 1.66. The summed E-state index contributed by atoms with van der Waals surface area (Å²) in [6.07, 6.45) is 1.17. The van der Waals surface area contributed by atoms with E-state index in [9.17, 15) is 14.4 Å². The molecule has 2 rings (SSSR count). The lowest BCUT2D eigenvalue weighted by Gasteiger charge is -2.17. The Bertz CT molecular complexity index is 885. The van der Waals surface area contributed by atoms with Crippen molar-refractivity contribution in [1.82, 2.24) is 14.7 Å². The fraction of sp³-hybridized carbons (Fsp3) is 0.250. The second kappa shape index (κ2) is 8.68. The number of benzene rings is 1. The molecule has 8 nitrogen and oxygen atoms in total. The van der Waals surface area contributed by atoms with Crippen LogP contribution in [-0.2, 0) is 16.1 Å². The maximum absolute atomic E-state index is 12.2. The van der Waals surface area contributed by atoms with E-state index in [-0.39, 0.29) is 23.1 Å². The van der Waals surface area contributed by atoms with E-state index in [0.29, 0.717) is 11.4 Å². The Labute approximate surface area is 159 Å². The van der Waals surface area contributed by atoms with Crippen molar-refractivity contribution in [2.24, 2.45) is 0 Å². The summed E-state index contributed by atoms with van der Waals surface area (Å²) >= 11 is 11.4. The van der Waals surface area contributed by atoms with E-state index in [0.717, 1.165) is 4.68 Å². The third-order valence-electron chi connectivity index (χ3n) is 3.39. The maximum atomic E-state index is 12.2. The average molecular weight is 399 g/mol. The van der Waals surface area contributed by atoms with Crippen LogP contribution in [0.15, 0.2) is 35.3 Å². The van der Waals surface area contributed by atoms with Gasteiger partial charge in [0.25, 0.3) is 5.56 Å². The number of hydrogen-bond donors (Lipinski definition) is 1. The Hall–Kier alpha value is -2.58. The van der Waals surface area contributed by atoms with Gasteiger partial charge in [0.05, 0.1) is 24.9 Å². The topological polar surface area (TPSA) is 93.5 Å². The van der Waals surface area contributed by atoms with E-state index < -0.39 is 17.4 Å². The van der Waals surface area contributed by atoms with Crippen molar-refractivity contribution in [1.29, 1.82) is 0 Å². The number of aromatic nitrogens is 2. The van der Waals surface area contributed by atoms with Crippen molar-refractivity contribution in [3.63, 3.8) is 0 Å². The van der Waals surface area contributed by atoms with Crippen LogP contribution in [0.25, 0.3) is 0 Å². The zero-order chi connectivity index (χ0) is 19.3. The minimum Gasteiger partial charge on any atom is -0.497 e. The molecule has 1 N–H and O–H groups in total. The summed E-state index contributed by atoms with van der Waals surface area (Å²) in [5, 5.41) is 6.20. The number of carbonyl (C=O) groups excluding carboxylic acids is 2. The Morgan fingerprint density at radius 2 is 2.08 bits per heavy atom. The first-order valence-electron chi connectivity index (χ1n) is 7.40. The van der Waals surface area contributed by atoms with Crippen LogP contribution in [0, 0.1) is 0 Å². The Kier molecular flexibility index (Phi) is 6.59. The second-order valence-corrected chi connectivity index (χ2v) is 6.08. The fourth-order valence-electron chi connectivity index (χ4n) is 2.01. The minimum atomic E-state index is -0.679. The zero-order valence-electron chi connectivity index (χ0n) is 14.0. The molecule has 26 heavy (non-hydrogen) atoms. The van der Waals surface area contributed by atoms with Gasteiger partial charge in [-0.2, -0.15) is 5.10 Å². The van der Waals surface area contributed by atoms with Gasteiger partial charge in [-0.05, 0) is 12.1 Å². The van der Waals surface area contributed by atoms with E-state index in [1.54, 1.807) is 24.3 Å². The molecule has 1 aromatic heterocycles. The number of halogens is 2. The van der Waals surface area contributed by atoms with Crippen molar-refractivity contribution >= 4 is 40.7 Å². The number of ether oxygens (including phenoxy) is 1. The molecule has 0 spiro atoms. The highest BCUT2D eigenvalue weighted by Crippen LogP contribution is 2.16. The van der Waals surface area contributed by atoms with Crippen molar-refractivity contribution in [2.45, 2.75) is 6.54 Å². The van der Waals surface area contributed by atoms with E-state index in [1.165, 1.54) is 25.3 Å². The Balaban J connectivity index is 1.97.